The van der Waals surface area contributed by atoms with Crippen molar-refractivity contribution in [3.8, 4) is 33.4 Å². The minimum Gasteiger partial charge on any atom is -0.265 e. The summed E-state index contributed by atoms with van der Waals surface area (Å²) in [6.45, 7) is 0. The summed E-state index contributed by atoms with van der Waals surface area (Å²) >= 11 is 0. The zero-order valence-corrected chi connectivity index (χ0v) is 13.7. The van der Waals surface area contributed by atoms with E-state index in [1.54, 1.807) is 0 Å². The molecule has 0 spiro atoms. The summed E-state index contributed by atoms with van der Waals surface area (Å²) in [7, 11) is 0. The molecule has 0 bridgehead atoms. The lowest BCUT2D eigenvalue weighted by Gasteiger charge is -2.06. The lowest BCUT2D eigenvalue weighted by atomic mass is 9.99. The van der Waals surface area contributed by atoms with Gasteiger partial charge in [0.1, 0.15) is 0 Å². The molecule has 2 heterocycles. The number of hydrogen-bond donors (Lipinski definition) is 0. The summed E-state index contributed by atoms with van der Waals surface area (Å²) < 4.78 is 0. The first kappa shape index (κ1) is 14.1. The van der Waals surface area contributed by atoms with Gasteiger partial charge < -0.3 is 0 Å². The Bertz CT molecular complexity index is 967. The van der Waals surface area contributed by atoms with Crippen molar-refractivity contribution in [3.63, 3.8) is 0 Å². The van der Waals surface area contributed by atoms with Crippen molar-refractivity contribution < 1.29 is 0 Å². The molecular weight excluding hydrogens is 304 g/mol. The molecule has 0 saturated heterocycles. The lowest BCUT2D eigenvalue weighted by Crippen LogP contribution is -1.84. The molecule has 2 aromatic carbocycles. The van der Waals surface area contributed by atoms with Gasteiger partial charge in [0.05, 0.1) is 0 Å². The third kappa shape index (κ3) is 2.43. The van der Waals surface area contributed by atoms with Gasteiger partial charge in [0.15, 0.2) is 0 Å². The number of rotatable bonds is 2. The predicted molar refractivity (Wildman–Crippen MR) is 101 cm³/mol. The third-order valence-corrected chi connectivity index (χ3v) is 4.91. The van der Waals surface area contributed by atoms with E-state index < -0.39 is 0 Å². The second-order valence-corrected chi connectivity index (χ2v) is 6.39. The van der Waals surface area contributed by atoms with Crippen molar-refractivity contribution in [2.45, 2.75) is 6.42 Å². The smallest absolute Gasteiger partial charge is 0.0273 e. The molecule has 2 aromatic heterocycles. The Balaban J connectivity index is 1.55. The highest BCUT2D eigenvalue weighted by atomic mass is 14.6. The Morgan fingerprint density at radius 1 is 0.480 bits per heavy atom. The van der Waals surface area contributed by atoms with Gasteiger partial charge in [-0.2, -0.15) is 0 Å². The van der Waals surface area contributed by atoms with Crippen LogP contribution in [-0.4, -0.2) is 9.97 Å². The first-order chi connectivity index (χ1) is 12.4. The van der Waals surface area contributed by atoms with Crippen LogP contribution in [0.2, 0.25) is 0 Å². The average molecular weight is 320 g/mol. The van der Waals surface area contributed by atoms with Crippen molar-refractivity contribution in [3.05, 3.63) is 96.6 Å². The molecule has 1 aliphatic carbocycles. The van der Waals surface area contributed by atoms with E-state index in [9.17, 15) is 0 Å². The van der Waals surface area contributed by atoms with Crippen molar-refractivity contribution in [1.82, 2.24) is 9.97 Å². The van der Waals surface area contributed by atoms with Crippen molar-refractivity contribution in [1.29, 1.82) is 0 Å². The second-order valence-electron chi connectivity index (χ2n) is 6.39. The molecule has 0 unspecified atom stereocenters. The van der Waals surface area contributed by atoms with Gasteiger partial charge in [-0.1, -0.05) is 36.4 Å². The molecular formula is C23H16N2. The highest BCUT2D eigenvalue weighted by Crippen LogP contribution is 2.40. The number of nitrogens with zero attached hydrogens (tertiary/aromatic N) is 2. The summed E-state index contributed by atoms with van der Waals surface area (Å²) in [4.78, 5) is 8.22. The summed E-state index contributed by atoms with van der Waals surface area (Å²) in [5.41, 5.74) is 10.4. The molecule has 2 nitrogen and oxygen atoms in total. The fourth-order valence-corrected chi connectivity index (χ4v) is 3.66. The van der Waals surface area contributed by atoms with E-state index in [0.29, 0.717) is 0 Å². The fraction of sp³-hybridized carbons (Fsp3) is 0.0435. The van der Waals surface area contributed by atoms with Crippen LogP contribution in [-0.2, 0) is 6.42 Å². The second kappa shape index (κ2) is 5.67. The topological polar surface area (TPSA) is 25.8 Å². The maximum atomic E-state index is 4.11. The maximum Gasteiger partial charge on any atom is 0.0273 e. The van der Waals surface area contributed by atoms with E-state index in [0.717, 1.165) is 6.42 Å². The number of hydrogen-bond acceptors (Lipinski definition) is 2. The molecule has 0 atom stereocenters. The monoisotopic (exact) mass is 320 g/mol. The van der Waals surface area contributed by atoms with Gasteiger partial charge in [-0.3, -0.25) is 9.97 Å². The van der Waals surface area contributed by atoms with Gasteiger partial charge in [0, 0.05) is 24.8 Å². The van der Waals surface area contributed by atoms with Crippen LogP contribution < -0.4 is 0 Å². The largest absolute Gasteiger partial charge is 0.265 e. The molecule has 0 fully saturated rings. The first-order valence-corrected chi connectivity index (χ1v) is 8.45. The molecule has 0 aliphatic heterocycles. The quantitative estimate of drug-likeness (QED) is 0.436. The molecule has 5 rings (SSSR count). The van der Waals surface area contributed by atoms with Crippen LogP contribution in [0.5, 0.6) is 0 Å². The van der Waals surface area contributed by atoms with Crippen LogP contribution in [0.4, 0.5) is 0 Å². The number of benzene rings is 2. The highest BCUT2D eigenvalue weighted by molar-refractivity contribution is 5.82. The van der Waals surface area contributed by atoms with Crippen LogP contribution in [0.1, 0.15) is 11.1 Å². The van der Waals surface area contributed by atoms with Gasteiger partial charge in [0.25, 0.3) is 0 Å². The van der Waals surface area contributed by atoms with Gasteiger partial charge >= 0.3 is 0 Å². The molecule has 1 aliphatic rings. The summed E-state index contributed by atoms with van der Waals surface area (Å²) in [6, 6.07) is 21.8. The summed E-state index contributed by atoms with van der Waals surface area (Å²) in [5, 5.41) is 0. The Hall–Kier alpha value is -3.26. The van der Waals surface area contributed by atoms with Crippen LogP contribution >= 0.6 is 0 Å². The maximum absolute atomic E-state index is 4.11. The first-order valence-electron chi connectivity index (χ1n) is 8.45. The van der Waals surface area contributed by atoms with Crippen molar-refractivity contribution in [2.75, 3.05) is 0 Å². The Labute approximate surface area is 146 Å². The molecule has 25 heavy (non-hydrogen) atoms. The normalized spacial score (nSPS) is 11.8. The van der Waals surface area contributed by atoms with Crippen LogP contribution in [0.25, 0.3) is 33.4 Å². The van der Waals surface area contributed by atoms with E-state index in [1.165, 1.54) is 44.5 Å². The molecule has 0 N–H and O–H groups in total. The molecule has 0 radical (unpaired) electrons. The number of fused-ring (bicyclic) bond motifs is 3. The van der Waals surface area contributed by atoms with E-state index in [-0.39, 0.29) is 0 Å². The van der Waals surface area contributed by atoms with Crippen LogP contribution in [0.15, 0.2) is 85.5 Å². The summed E-state index contributed by atoms with van der Waals surface area (Å²) in [5.74, 6) is 0. The van der Waals surface area contributed by atoms with Gasteiger partial charge in [0.2, 0.25) is 0 Å². The molecule has 2 heteroatoms. The van der Waals surface area contributed by atoms with Crippen molar-refractivity contribution in [2.24, 2.45) is 0 Å². The van der Waals surface area contributed by atoms with Crippen LogP contribution in [0.3, 0.4) is 0 Å². The Kier molecular flexibility index (Phi) is 3.20. The molecule has 4 aromatic rings. The highest BCUT2D eigenvalue weighted by Gasteiger charge is 2.19. The minimum atomic E-state index is 0.989. The third-order valence-electron chi connectivity index (χ3n) is 4.91. The standard InChI is InChI=1S/C23H16N2/c1-3-22-20(13-18(1)16-5-9-24-10-6-16)15-21-14-19(2-4-23(21)22)17-7-11-25-12-8-17/h1-14H,15H2. The Morgan fingerprint density at radius 2 is 0.920 bits per heavy atom. The van der Waals surface area contributed by atoms with Crippen LogP contribution in [0, 0.1) is 0 Å². The van der Waals surface area contributed by atoms with E-state index in [1.807, 2.05) is 24.8 Å². The number of aromatic nitrogens is 2. The molecule has 0 amide bonds. The summed E-state index contributed by atoms with van der Waals surface area (Å²) in [6.07, 6.45) is 8.37. The SMILES string of the molecule is c1cc(-c2ccc3c(c2)Cc2cc(-c4ccncc4)ccc2-3)ccn1. The minimum absolute atomic E-state index is 0.989. The Morgan fingerprint density at radius 3 is 1.36 bits per heavy atom. The van der Waals surface area contributed by atoms with E-state index in [2.05, 4.69) is 70.6 Å². The van der Waals surface area contributed by atoms with Gasteiger partial charge in [-0.15, -0.1) is 0 Å². The zero-order valence-electron chi connectivity index (χ0n) is 13.7. The van der Waals surface area contributed by atoms with Gasteiger partial charge in [-0.25, -0.2) is 0 Å². The molecule has 0 saturated carbocycles. The fourth-order valence-electron chi connectivity index (χ4n) is 3.66. The zero-order chi connectivity index (χ0) is 16.6. The number of pyridine rings is 2. The lowest BCUT2D eigenvalue weighted by molar-refractivity contribution is 1.26. The van der Waals surface area contributed by atoms with E-state index >= 15 is 0 Å². The van der Waals surface area contributed by atoms with E-state index in [4.69, 9.17) is 0 Å². The van der Waals surface area contributed by atoms with Crippen molar-refractivity contribution >= 4 is 0 Å². The van der Waals surface area contributed by atoms with Gasteiger partial charge in [-0.05, 0) is 75.2 Å². The average Bonchev–Trinajstić information content (AvgIpc) is 3.06. The molecule has 118 valence electrons. The predicted octanol–water partition coefficient (Wildman–Crippen LogP) is 5.38.